The van der Waals surface area contributed by atoms with Gasteiger partial charge in [-0.1, -0.05) is 18.2 Å². The second-order valence-corrected chi connectivity index (χ2v) is 4.07. The minimum Gasteiger partial charge on any atom is -0.370 e. The van der Waals surface area contributed by atoms with Crippen LogP contribution >= 0.6 is 24.0 Å². The van der Waals surface area contributed by atoms with Crippen LogP contribution in [0, 0.1) is 6.92 Å². The van der Waals surface area contributed by atoms with Crippen molar-refractivity contribution in [2.24, 2.45) is 17.8 Å². The van der Waals surface area contributed by atoms with Crippen molar-refractivity contribution >= 4 is 35.6 Å². The largest absolute Gasteiger partial charge is 0.370 e. The van der Waals surface area contributed by atoms with Gasteiger partial charge in [0, 0.05) is 24.0 Å². The smallest absolute Gasteiger partial charge is 0.193 e. The Balaban J connectivity index is 0.00000180. The summed E-state index contributed by atoms with van der Waals surface area (Å²) in [6.45, 7) is 2.55. The molecule has 6 heteroatoms. The molecule has 1 aromatic heterocycles. The van der Waals surface area contributed by atoms with Gasteiger partial charge in [-0.05, 0) is 19.1 Å². The summed E-state index contributed by atoms with van der Waals surface area (Å²) >= 11 is 0. The number of guanidine groups is 1. The fourth-order valence-electron chi connectivity index (χ4n) is 1.58. The molecule has 2 aromatic rings. The molecule has 102 valence electrons. The maximum Gasteiger partial charge on any atom is 0.193 e. The van der Waals surface area contributed by atoms with Crippen molar-refractivity contribution in [1.29, 1.82) is 0 Å². The highest BCUT2D eigenvalue weighted by Gasteiger charge is 2.02. The molecule has 0 amide bonds. The van der Waals surface area contributed by atoms with E-state index in [-0.39, 0.29) is 24.0 Å². The standard InChI is InChI=1S/C13H17N5.HI/c1-10-11(9-16-18(10)2)8-15-13(14)17-12-6-4-3-5-7-12;/h3-7,9H,8H2,1-2H3,(H3,14,15,17);1H. The average Bonchev–Trinajstić information content (AvgIpc) is 2.69. The number of rotatable bonds is 3. The fourth-order valence-corrected chi connectivity index (χ4v) is 1.58. The molecule has 0 spiro atoms. The molecular weight excluding hydrogens is 353 g/mol. The van der Waals surface area contributed by atoms with Gasteiger partial charge in [0.15, 0.2) is 5.96 Å². The first-order valence-electron chi connectivity index (χ1n) is 5.76. The lowest BCUT2D eigenvalue weighted by Crippen LogP contribution is -2.22. The maximum atomic E-state index is 5.82. The van der Waals surface area contributed by atoms with Gasteiger partial charge in [-0.25, -0.2) is 4.99 Å². The zero-order chi connectivity index (χ0) is 13.0. The first-order valence-corrected chi connectivity index (χ1v) is 5.76. The molecule has 0 bridgehead atoms. The van der Waals surface area contributed by atoms with Gasteiger partial charge < -0.3 is 11.1 Å². The summed E-state index contributed by atoms with van der Waals surface area (Å²) in [5, 5.41) is 7.20. The number of nitrogens with zero attached hydrogens (tertiary/aromatic N) is 3. The van der Waals surface area contributed by atoms with Crippen LogP contribution in [0.1, 0.15) is 11.3 Å². The molecule has 0 atom stereocenters. The normalized spacial score (nSPS) is 10.9. The predicted octanol–water partition coefficient (Wildman–Crippen LogP) is 2.27. The quantitative estimate of drug-likeness (QED) is 0.494. The number of benzene rings is 1. The molecule has 1 heterocycles. The Labute approximate surface area is 129 Å². The Bertz CT molecular complexity index is 547. The van der Waals surface area contributed by atoms with Gasteiger partial charge >= 0.3 is 0 Å². The van der Waals surface area contributed by atoms with E-state index in [9.17, 15) is 0 Å². The number of nitrogens with two attached hydrogens (primary N) is 1. The number of para-hydroxylation sites is 1. The van der Waals surface area contributed by atoms with Crippen LogP contribution in [0.25, 0.3) is 0 Å². The third-order valence-electron chi connectivity index (χ3n) is 2.80. The van der Waals surface area contributed by atoms with Gasteiger partial charge in [0.25, 0.3) is 0 Å². The summed E-state index contributed by atoms with van der Waals surface area (Å²) in [5.74, 6) is 0.407. The number of aryl methyl sites for hydroxylation is 1. The summed E-state index contributed by atoms with van der Waals surface area (Å²) in [6.07, 6.45) is 1.81. The van der Waals surface area contributed by atoms with E-state index < -0.39 is 0 Å². The predicted molar refractivity (Wildman–Crippen MR) is 88.8 cm³/mol. The van der Waals surface area contributed by atoms with Crippen LogP contribution < -0.4 is 11.1 Å². The van der Waals surface area contributed by atoms with Crippen LogP contribution in [0.15, 0.2) is 41.5 Å². The summed E-state index contributed by atoms with van der Waals surface area (Å²) < 4.78 is 1.83. The van der Waals surface area contributed by atoms with Crippen molar-refractivity contribution < 1.29 is 0 Å². The Morgan fingerprint density at radius 1 is 1.37 bits per heavy atom. The molecular formula is C13H18IN5. The van der Waals surface area contributed by atoms with Gasteiger partial charge in [-0.2, -0.15) is 5.10 Å². The van der Waals surface area contributed by atoms with E-state index in [1.807, 2.05) is 55.2 Å². The van der Waals surface area contributed by atoms with Crippen LogP contribution in [0.4, 0.5) is 5.69 Å². The van der Waals surface area contributed by atoms with Gasteiger partial charge in [0.05, 0.1) is 12.7 Å². The summed E-state index contributed by atoms with van der Waals surface area (Å²) in [6, 6.07) is 9.73. The molecule has 19 heavy (non-hydrogen) atoms. The van der Waals surface area contributed by atoms with E-state index in [0.29, 0.717) is 12.5 Å². The van der Waals surface area contributed by atoms with Crippen LogP contribution in [0.5, 0.6) is 0 Å². The van der Waals surface area contributed by atoms with Crippen molar-refractivity contribution in [3.05, 3.63) is 47.8 Å². The zero-order valence-electron chi connectivity index (χ0n) is 11.0. The molecule has 0 unspecified atom stereocenters. The molecule has 0 radical (unpaired) electrons. The molecule has 0 fully saturated rings. The fraction of sp³-hybridized carbons (Fsp3) is 0.231. The van der Waals surface area contributed by atoms with E-state index in [1.54, 1.807) is 0 Å². The monoisotopic (exact) mass is 371 g/mol. The van der Waals surface area contributed by atoms with Crippen molar-refractivity contribution in [2.45, 2.75) is 13.5 Å². The highest BCUT2D eigenvalue weighted by Crippen LogP contribution is 2.08. The minimum absolute atomic E-state index is 0. The van der Waals surface area contributed by atoms with Crippen molar-refractivity contribution in [3.8, 4) is 0 Å². The molecule has 5 nitrogen and oxygen atoms in total. The second kappa shape index (κ2) is 7.13. The number of aromatic nitrogens is 2. The topological polar surface area (TPSA) is 68.2 Å². The number of halogens is 1. The third-order valence-corrected chi connectivity index (χ3v) is 2.80. The van der Waals surface area contributed by atoms with Crippen LogP contribution in [0.3, 0.4) is 0 Å². The highest BCUT2D eigenvalue weighted by atomic mass is 127. The average molecular weight is 371 g/mol. The number of hydrogen-bond donors (Lipinski definition) is 2. The van der Waals surface area contributed by atoms with Crippen molar-refractivity contribution in [1.82, 2.24) is 9.78 Å². The molecule has 0 aliphatic rings. The lowest BCUT2D eigenvalue weighted by Gasteiger charge is -2.04. The van der Waals surface area contributed by atoms with Crippen molar-refractivity contribution in [3.63, 3.8) is 0 Å². The first kappa shape index (κ1) is 15.5. The summed E-state index contributed by atoms with van der Waals surface area (Å²) in [4.78, 5) is 4.29. The number of aliphatic imine (C=N–C) groups is 1. The Morgan fingerprint density at radius 3 is 2.63 bits per heavy atom. The van der Waals surface area contributed by atoms with Crippen LogP contribution in [-0.2, 0) is 13.6 Å². The molecule has 0 saturated carbocycles. The van der Waals surface area contributed by atoms with E-state index >= 15 is 0 Å². The number of nitrogens with one attached hydrogen (secondary N) is 1. The SMILES string of the molecule is Cc1c(CN=C(N)Nc2ccccc2)cnn1C.I. The summed E-state index contributed by atoms with van der Waals surface area (Å²) in [5.41, 5.74) is 8.94. The number of hydrogen-bond acceptors (Lipinski definition) is 2. The molecule has 3 N–H and O–H groups in total. The highest BCUT2D eigenvalue weighted by molar-refractivity contribution is 14.0. The van der Waals surface area contributed by atoms with Crippen molar-refractivity contribution in [2.75, 3.05) is 5.32 Å². The molecule has 2 rings (SSSR count). The van der Waals surface area contributed by atoms with E-state index in [0.717, 1.165) is 16.9 Å². The van der Waals surface area contributed by atoms with Gasteiger partial charge in [0.2, 0.25) is 0 Å². The molecule has 0 aliphatic carbocycles. The molecule has 0 saturated heterocycles. The Morgan fingerprint density at radius 2 is 2.05 bits per heavy atom. The zero-order valence-corrected chi connectivity index (χ0v) is 13.3. The Kier molecular flexibility index (Phi) is 5.81. The second-order valence-electron chi connectivity index (χ2n) is 4.07. The van der Waals surface area contributed by atoms with Gasteiger partial charge in [-0.3, -0.25) is 4.68 Å². The van der Waals surface area contributed by atoms with E-state index in [1.165, 1.54) is 0 Å². The van der Waals surface area contributed by atoms with Gasteiger partial charge in [-0.15, -0.1) is 24.0 Å². The number of anilines is 1. The third kappa shape index (κ3) is 4.23. The van der Waals surface area contributed by atoms with Crippen LogP contribution in [-0.4, -0.2) is 15.7 Å². The minimum atomic E-state index is 0. The van der Waals surface area contributed by atoms with E-state index in [2.05, 4.69) is 15.4 Å². The van der Waals surface area contributed by atoms with Gasteiger partial charge in [0.1, 0.15) is 0 Å². The summed E-state index contributed by atoms with van der Waals surface area (Å²) in [7, 11) is 1.91. The Hall–Kier alpha value is -1.57. The van der Waals surface area contributed by atoms with E-state index in [4.69, 9.17) is 5.73 Å². The lowest BCUT2D eigenvalue weighted by molar-refractivity contribution is 0.737. The lowest BCUT2D eigenvalue weighted by atomic mass is 10.3. The molecule has 0 aliphatic heterocycles. The maximum absolute atomic E-state index is 5.82. The first-order chi connectivity index (χ1) is 8.66. The molecule has 1 aromatic carbocycles. The van der Waals surface area contributed by atoms with Crippen LogP contribution in [0.2, 0.25) is 0 Å².